The van der Waals surface area contributed by atoms with Gasteiger partial charge in [-0.1, -0.05) is 43.3 Å². The highest BCUT2D eigenvalue weighted by molar-refractivity contribution is 7.91. The van der Waals surface area contributed by atoms with Crippen molar-refractivity contribution in [2.24, 2.45) is 5.92 Å². The lowest BCUT2D eigenvalue weighted by Gasteiger charge is -2.28. The molecule has 7 rings (SSSR count). The van der Waals surface area contributed by atoms with E-state index in [0.717, 1.165) is 37.1 Å². The highest BCUT2D eigenvalue weighted by atomic mass is 32.2. The quantitative estimate of drug-likeness (QED) is 0.121. The minimum atomic E-state index is -4.66. The van der Waals surface area contributed by atoms with Gasteiger partial charge in [0.15, 0.2) is 9.84 Å². The van der Waals surface area contributed by atoms with E-state index < -0.39 is 80.6 Å². The number of halogens is 7. The van der Waals surface area contributed by atoms with Gasteiger partial charge in [-0.2, -0.15) is 26.3 Å². The van der Waals surface area contributed by atoms with Crippen LogP contribution in [0.25, 0.3) is 0 Å². The molecule has 0 radical (unpaired) electrons. The summed E-state index contributed by atoms with van der Waals surface area (Å²) in [6, 6.07) is 16.9. The number of hydrogen-bond acceptors (Lipinski definition) is 7. The molecule has 1 saturated carbocycles. The summed E-state index contributed by atoms with van der Waals surface area (Å²) in [5, 5.41) is 15.8. The predicted molar refractivity (Wildman–Crippen MR) is 232 cm³/mol. The van der Waals surface area contributed by atoms with Crippen LogP contribution in [0.2, 0.25) is 0 Å². The summed E-state index contributed by atoms with van der Waals surface area (Å²) < 4.78 is 116. The molecule has 3 aliphatic rings. The van der Waals surface area contributed by atoms with Crippen molar-refractivity contribution >= 4 is 33.5 Å². The first-order valence-corrected chi connectivity index (χ1v) is 23.4. The normalized spacial score (nSPS) is 18.2. The van der Waals surface area contributed by atoms with Crippen molar-refractivity contribution in [3.05, 3.63) is 136 Å². The summed E-state index contributed by atoms with van der Waals surface area (Å²) >= 11 is 0. The number of carbonyl (C=O) groups is 4. The molecule has 4 aromatic rings. The molecule has 4 amide bonds. The van der Waals surface area contributed by atoms with Crippen LogP contribution in [0.5, 0.6) is 0 Å². The van der Waals surface area contributed by atoms with E-state index in [-0.39, 0.29) is 40.1 Å². The van der Waals surface area contributed by atoms with Gasteiger partial charge >= 0.3 is 12.4 Å². The second-order valence-electron chi connectivity index (χ2n) is 17.4. The summed E-state index contributed by atoms with van der Waals surface area (Å²) in [5.41, 5.74) is -1.38. The lowest BCUT2D eigenvalue weighted by Crippen LogP contribution is -2.47. The zero-order chi connectivity index (χ0) is 49.1. The molecule has 0 spiro atoms. The molecule has 4 aromatic carbocycles. The number of benzene rings is 4. The monoisotopic (exact) mass is 960 g/mol. The van der Waals surface area contributed by atoms with Gasteiger partial charge in [0.25, 0.3) is 11.8 Å². The first-order chi connectivity index (χ1) is 31.4. The van der Waals surface area contributed by atoms with Crippen molar-refractivity contribution in [2.75, 3.05) is 18.8 Å². The van der Waals surface area contributed by atoms with Gasteiger partial charge in [0.2, 0.25) is 11.8 Å². The van der Waals surface area contributed by atoms with E-state index in [1.165, 1.54) is 53.1 Å². The SMILES string of the molecule is CC(C)(O)c1cccc(C(=O)N2CCC[C@@H]2C(=O)N[C@@H](c2ccc(C(F)(F)F)cc2F)C2CC2)c1.CCS(=O)(=O)c1cccc(C(=O)N2CCC[C@@H]2C(=O)NCc2ccc(C(F)(F)F)cc2)c1. The average Bonchev–Trinajstić information content (AvgIpc) is 3.78. The molecule has 0 bridgehead atoms. The third kappa shape index (κ3) is 12.4. The fourth-order valence-electron chi connectivity index (χ4n) is 8.12. The van der Waals surface area contributed by atoms with Crippen molar-refractivity contribution < 1.29 is 63.4 Å². The number of carbonyl (C=O) groups excluding carboxylic acids is 4. The number of sulfone groups is 1. The summed E-state index contributed by atoms with van der Waals surface area (Å²) in [6.45, 7) is 5.48. The molecular formula is C48H51F7N4O7S. The molecule has 11 nitrogen and oxygen atoms in total. The maximum Gasteiger partial charge on any atom is 0.416 e. The first kappa shape index (κ1) is 50.6. The van der Waals surface area contributed by atoms with Crippen LogP contribution in [0, 0.1) is 11.7 Å². The zero-order valence-electron chi connectivity index (χ0n) is 36.9. The Balaban J connectivity index is 0.000000222. The van der Waals surface area contributed by atoms with Gasteiger partial charge in [0, 0.05) is 36.3 Å². The van der Waals surface area contributed by atoms with Gasteiger partial charge in [-0.05, 0) is 124 Å². The third-order valence-electron chi connectivity index (χ3n) is 12.1. The van der Waals surface area contributed by atoms with Gasteiger partial charge in [0.05, 0.1) is 33.4 Å². The molecule has 2 aliphatic heterocycles. The lowest BCUT2D eigenvalue weighted by atomic mass is 9.96. The van der Waals surface area contributed by atoms with Crippen LogP contribution in [0.1, 0.15) is 114 Å². The van der Waals surface area contributed by atoms with Gasteiger partial charge in [0.1, 0.15) is 17.9 Å². The standard InChI is InChI=1S/C26H28F4N2O3.C22H23F3N2O4S/c1-25(2,35)17-6-3-5-16(13-17)24(34)32-12-4-7-21(32)23(33)31-22(15-8-9-15)19-11-10-18(14-20(19)27)26(28,29)30;1-2-32(30,31)18-6-3-5-16(13-18)21(29)27-12-4-7-19(27)20(28)26-14-15-8-10-17(11-9-15)22(23,24)25/h3,5-6,10-11,13-15,21-22,35H,4,7-9,12H2,1-2H3,(H,31,33);3,5-6,8-11,13,19H,2,4,7,12,14H2,1H3,(H,26,28)/t21-,22-;19-/m11/s1. The maximum absolute atomic E-state index is 14.7. The Labute approximate surface area is 383 Å². The number of alkyl halides is 6. The minimum Gasteiger partial charge on any atom is -0.386 e. The van der Waals surface area contributed by atoms with E-state index >= 15 is 0 Å². The summed E-state index contributed by atoms with van der Waals surface area (Å²) in [4.78, 5) is 55.0. The van der Waals surface area contributed by atoms with E-state index in [0.29, 0.717) is 61.5 Å². The number of nitrogens with zero attached hydrogens (tertiary/aromatic N) is 2. The van der Waals surface area contributed by atoms with E-state index in [2.05, 4.69) is 10.6 Å². The van der Waals surface area contributed by atoms with E-state index in [4.69, 9.17) is 0 Å². The van der Waals surface area contributed by atoms with Gasteiger partial charge in [-0.3, -0.25) is 19.2 Å². The Morgan fingerprint density at radius 3 is 1.76 bits per heavy atom. The fourth-order valence-corrected chi connectivity index (χ4v) is 9.05. The van der Waals surface area contributed by atoms with Crippen molar-refractivity contribution in [3.63, 3.8) is 0 Å². The van der Waals surface area contributed by atoms with Crippen molar-refractivity contribution in [1.29, 1.82) is 0 Å². The first-order valence-electron chi connectivity index (χ1n) is 21.8. The van der Waals surface area contributed by atoms with E-state index in [1.807, 2.05) is 0 Å². The molecule has 3 N–H and O–H groups in total. The zero-order valence-corrected chi connectivity index (χ0v) is 37.7. The molecule has 0 unspecified atom stereocenters. The molecule has 67 heavy (non-hydrogen) atoms. The summed E-state index contributed by atoms with van der Waals surface area (Å²) in [7, 11) is -3.48. The van der Waals surface area contributed by atoms with Crippen LogP contribution in [-0.4, -0.2) is 77.9 Å². The highest BCUT2D eigenvalue weighted by Crippen LogP contribution is 2.43. The number of likely N-dealkylation sites (tertiary alicyclic amines) is 2. The molecular weight excluding hydrogens is 910 g/mol. The van der Waals surface area contributed by atoms with Crippen LogP contribution in [0.4, 0.5) is 30.7 Å². The molecule has 19 heteroatoms. The lowest BCUT2D eigenvalue weighted by molar-refractivity contribution is -0.138. The Bertz CT molecular complexity index is 2580. The largest absolute Gasteiger partial charge is 0.416 e. The number of hydrogen-bond donors (Lipinski definition) is 3. The van der Waals surface area contributed by atoms with Gasteiger partial charge < -0.3 is 25.5 Å². The van der Waals surface area contributed by atoms with Crippen LogP contribution >= 0.6 is 0 Å². The molecule has 360 valence electrons. The number of rotatable bonds is 12. The smallest absolute Gasteiger partial charge is 0.386 e. The minimum absolute atomic E-state index is 0.0163. The summed E-state index contributed by atoms with van der Waals surface area (Å²) in [6.07, 6.45) is -5.56. The fraction of sp³-hybridized carbons (Fsp3) is 0.417. The predicted octanol–water partition coefficient (Wildman–Crippen LogP) is 8.36. The van der Waals surface area contributed by atoms with Crippen LogP contribution < -0.4 is 10.6 Å². The number of nitrogens with one attached hydrogen (secondary N) is 2. The molecule has 0 aromatic heterocycles. The van der Waals surface area contributed by atoms with E-state index in [9.17, 15) is 63.4 Å². The molecule has 2 heterocycles. The average molecular weight is 961 g/mol. The van der Waals surface area contributed by atoms with Crippen LogP contribution in [0.15, 0.2) is 95.9 Å². The number of amides is 4. The Morgan fingerprint density at radius 1 is 0.701 bits per heavy atom. The molecule has 3 atom stereocenters. The topological polar surface area (TPSA) is 153 Å². The Kier molecular flexibility index (Phi) is 15.2. The van der Waals surface area contributed by atoms with Gasteiger partial charge in [-0.25, -0.2) is 12.8 Å². The second-order valence-corrected chi connectivity index (χ2v) is 19.6. The second kappa shape index (κ2) is 20.2. The van der Waals surface area contributed by atoms with E-state index in [1.54, 1.807) is 38.1 Å². The van der Waals surface area contributed by atoms with Crippen molar-refractivity contribution in [3.8, 4) is 0 Å². The Morgan fingerprint density at radius 2 is 1.24 bits per heavy atom. The number of aliphatic hydroxyl groups is 1. The summed E-state index contributed by atoms with van der Waals surface area (Å²) in [5.74, 6) is -2.83. The molecule has 1 aliphatic carbocycles. The van der Waals surface area contributed by atoms with Gasteiger partial charge in [-0.15, -0.1) is 0 Å². The highest BCUT2D eigenvalue weighted by Gasteiger charge is 2.41. The molecule has 2 saturated heterocycles. The van der Waals surface area contributed by atoms with Crippen molar-refractivity contribution in [1.82, 2.24) is 20.4 Å². The maximum atomic E-state index is 14.7. The van der Waals surface area contributed by atoms with Crippen LogP contribution in [0.3, 0.4) is 0 Å². The van der Waals surface area contributed by atoms with Crippen LogP contribution in [-0.2, 0) is 43.9 Å². The third-order valence-corrected chi connectivity index (χ3v) is 13.8. The Hall–Kier alpha value is -5.82. The molecule has 3 fully saturated rings. The van der Waals surface area contributed by atoms with Crippen molar-refractivity contribution in [2.45, 2.75) is 107 Å².